The number of nitrogens with zero attached hydrogens (tertiary/aromatic N) is 2. The lowest BCUT2D eigenvalue weighted by atomic mass is 9.92. The first kappa shape index (κ1) is 14.3. The molecule has 1 aliphatic heterocycles. The predicted octanol–water partition coefficient (Wildman–Crippen LogP) is 3.10. The van der Waals surface area contributed by atoms with E-state index in [0.717, 1.165) is 36.8 Å². The van der Waals surface area contributed by atoms with Gasteiger partial charge < -0.3 is 15.6 Å². The zero-order valence-corrected chi connectivity index (χ0v) is 13.2. The van der Waals surface area contributed by atoms with Crippen molar-refractivity contribution in [3.05, 3.63) is 60.4 Å². The van der Waals surface area contributed by atoms with Gasteiger partial charge in [-0.05, 0) is 37.0 Å². The van der Waals surface area contributed by atoms with Gasteiger partial charge in [-0.1, -0.05) is 30.3 Å². The molecule has 1 aliphatic rings. The largest absolute Gasteiger partial charge is 0.367 e. The number of benzene rings is 1. The lowest BCUT2D eigenvalue weighted by molar-refractivity contribution is 0.409. The Bertz CT molecular complexity index is 780. The number of nitrogens with one attached hydrogen (secondary N) is 1. The molecule has 2 atom stereocenters. The fourth-order valence-corrected chi connectivity index (χ4v) is 3.59. The summed E-state index contributed by atoms with van der Waals surface area (Å²) in [6, 6.07) is 15.7. The molecule has 0 amide bonds. The summed E-state index contributed by atoms with van der Waals surface area (Å²) in [5.41, 5.74) is 9.76. The van der Waals surface area contributed by atoms with Crippen LogP contribution in [-0.4, -0.2) is 28.6 Å². The van der Waals surface area contributed by atoms with Gasteiger partial charge in [-0.2, -0.15) is 0 Å². The lowest BCUT2D eigenvalue weighted by Crippen LogP contribution is -2.48. The standard InChI is InChI=1S/C19H22N4/c20-16-7-9-23(17(12-16)10-14-4-2-1-3-5-14)18-11-15-6-8-21-19(15)22-13-18/h1-6,8,11,13,16-17H,7,9-10,12,20H2,(H,21,22). The zero-order chi connectivity index (χ0) is 15.6. The van der Waals surface area contributed by atoms with Gasteiger partial charge in [-0.3, -0.25) is 0 Å². The third-order valence-electron chi connectivity index (χ3n) is 4.79. The van der Waals surface area contributed by atoms with Crippen molar-refractivity contribution >= 4 is 16.7 Å². The third kappa shape index (κ3) is 2.94. The Balaban J connectivity index is 1.63. The Hall–Kier alpha value is -2.33. The SMILES string of the molecule is NC1CCN(c2cnc3[nH]ccc3c2)C(Cc2ccccc2)C1. The topological polar surface area (TPSA) is 57.9 Å². The number of rotatable bonds is 3. The van der Waals surface area contributed by atoms with Crippen molar-refractivity contribution in [3.8, 4) is 0 Å². The molecule has 1 fully saturated rings. The average molecular weight is 306 g/mol. The van der Waals surface area contributed by atoms with Gasteiger partial charge in [0.25, 0.3) is 0 Å². The van der Waals surface area contributed by atoms with Crippen LogP contribution in [0.1, 0.15) is 18.4 Å². The van der Waals surface area contributed by atoms with E-state index in [9.17, 15) is 0 Å². The number of hydrogen-bond donors (Lipinski definition) is 2. The molecule has 0 radical (unpaired) electrons. The number of fused-ring (bicyclic) bond motifs is 1. The number of hydrogen-bond acceptors (Lipinski definition) is 3. The number of pyridine rings is 1. The molecule has 3 N–H and O–H groups in total. The van der Waals surface area contributed by atoms with E-state index in [0.29, 0.717) is 12.1 Å². The Labute approximate surface area is 136 Å². The average Bonchev–Trinajstić information content (AvgIpc) is 3.03. The maximum absolute atomic E-state index is 6.25. The number of piperidine rings is 1. The Kier molecular flexibility index (Phi) is 3.75. The van der Waals surface area contributed by atoms with Crippen LogP contribution < -0.4 is 10.6 Å². The number of aromatic nitrogens is 2. The normalized spacial score (nSPS) is 21.7. The van der Waals surface area contributed by atoms with Crippen LogP contribution in [-0.2, 0) is 6.42 Å². The Morgan fingerprint density at radius 3 is 2.96 bits per heavy atom. The van der Waals surface area contributed by atoms with Crippen LogP contribution in [0.25, 0.3) is 11.0 Å². The van der Waals surface area contributed by atoms with E-state index in [2.05, 4.69) is 57.3 Å². The monoisotopic (exact) mass is 306 g/mol. The summed E-state index contributed by atoms with van der Waals surface area (Å²) >= 11 is 0. The number of nitrogens with two attached hydrogens (primary N) is 1. The number of H-pyrrole nitrogens is 1. The molecule has 2 unspecified atom stereocenters. The second-order valence-corrected chi connectivity index (χ2v) is 6.43. The van der Waals surface area contributed by atoms with Crippen molar-refractivity contribution in [3.63, 3.8) is 0 Å². The summed E-state index contributed by atoms with van der Waals surface area (Å²) in [6.07, 6.45) is 7.01. The minimum Gasteiger partial charge on any atom is -0.367 e. The van der Waals surface area contributed by atoms with E-state index < -0.39 is 0 Å². The van der Waals surface area contributed by atoms with E-state index in [-0.39, 0.29) is 0 Å². The fourth-order valence-electron chi connectivity index (χ4n) is 3.59. The maximum Gasteiger partial charge on any atom is 0.137 e. The highest BCUT2D eigenvalue weighted by atomic mass is 15.2. The molecular formula is C19H22N4. The Morgan fingerprint density at radius 2 is 2.09 bits per heavy atom. The van der Waals surface area contributed by atoms with Crippen LogP contribution in [0.3, 0.4) is 0 Å². The van der Waals surface area contributed by atoms with Crippen molar-refractivity contribution in [1.82, 2.24) is 9.97 Å². The number of aromatic amines is 1. The first-order valence-electron chi connectivity index (χ1n) is 8.29. The molecular weight excluding hydrogens is 284 g/mol. The fraction of sp³-hybridized carbons (Fsp3) is 0.316. The van der Waals surface area contributed by atoms with Crippen molar-refractivity contribution in [1.29, 1.82) is 0 Å². The lowest BCUT2D eigenvalue weighted by Gasteiger charge is -2.40. The van der Waals surface area contributed by atoms with Crippen molar-refractivity contribution < 1.29 is 0 Å². The van der Waals surface area contributed by atoms with Crippen molar-refractivity contribution in [2.75, 3.05) is 11.4 Å². The molecule has 0 saturated carbocycles. The summed E-state index contributed by atoms with van der Waals surface area (Å²) in [5.74, 6) is 0. The molecule has 1 saturated heterocycles. The summed E-state index contributed by atoms with van der Waals surface area (Å²) in [4.78, 5) is 10.2. The highest BCUT2D eigenvalue weighted by Gasteiger charge is 2.27. The van der Waals surface area contributed by atoms with Crippen molar-refractivity contribution in [2.45, 2.75) is 31.3 Å². The zero-order valence-electron chi connectivity index (χ0n) is 13.2. The van der Waals surface area contributed by atoms with Gasteiger partial charge in [0, 0.05) is 30.2 Å². The first-order valence-corrected chi connectivity index (χ1v) is 8.29. The Morgan fingerprint density at radius 1 is 1.22 bits per heavy atom. The van der Waals surface area contributed by atoms with Gasteiger partial charge in [-0.15, -0.1) is 0 Å². The van der Waals surface area contributed by atoms with Crippen molar-refractivity contribution in [2.24, 2.45) is 5.73 Å². The van der Waals surface area contributed by atoms with Gasteiger partial charge in [0.15, 0.2) is 0 Å². The van der Waals surface area contributed by atoms with E-state index in [1.807, 2.05) is 12.4 Å². The van der Waals surface area contributed by atoms with E-state index in [1.165, 1.54) is 11.3 Å². The molecule has 4 heteroatoms. The van der Waals surface area contributed by atoms with Gasteiger partial charge in [0.05, 0.1) is 11.9 Å². The predicted molar refractivity (Wildman–Crippen MR) is 94.6 cm³/mol. The summed E-state index contributed by atoms with van der Waals surface area (Å²) in [7, 11) is 0. The van der Waals surface area contributed by atoms with Gasteiger partial charge in [0.1, 0.15) is 5.65 Å². The molecule has 2 aromatic heterocycles. The van der Waals surface area contributed by atoms with Crippen LogP contribution in [0.4, 0.5) is 5.69 Å². The minimum absolute atomic E-state index is 0.295. The van der Waals surface area contributed by atoms with E-state index in [1.54, 1.807) is 0 Å². The second kappa shape index (κ2) is 6.05. The molecule has 0 aliphatic carbocycles. The molecule has 118 valence electrons. The van der Waals surface area contributed by atoms with Gasteiger partial charge in [0.2, 0.25) is 0 Å². The highest BCUT2D eigenvalue weighted by Crippen LogP contribution is 2.28. The van der Waals surface area contributed by atoms with Crippen LogP contribution in [0.5, 0.6) is 0 Å². The van der Waals surface area contributed by atoms with E-state index >= 15 is 0 Å². The molecule has 3 heterocycles. The van der Waals surface area contributed by atoms with Crippen LogP contribution in [0.2, 0.25) is 0 Å². The summed E-state index contributed by atoms with van der Waals surface area (Å²) in [6.45, 7) is 0.996. The van der Waals surface area contributed by atoms with Gasteiger partial charge >= 0.3 is 0 Å². The van der Waals surface area contributed by atoms with Crippen LogP contribution in [0, 0.1) is 0 Å². The van der Waals surface area contributed by atoms with Gasteiger partial charge in [-0.25, -0.2) is 4.98 Å². The number of anilines is 1. The third-order valence-corrected chi connectivity index (χ3v) is 4.79. The van der Waals surface area contributed by atoms with Crippen LogP contribution >= 0.6 is 0 Å². The molecule has 1 aromatic carbocycles. The quantitative estimate of drug-likeness (QED) is 0.782. The molecule has 4 rings (SSSR count). The molecule has 0 bridgehead atoms. The highest BCUT2D eigenvalue weighted by molar-refractivity contribution is 5.79. The molecule has 23 heavy (non-hydrogen) atoms. The summed E-state index contributed by atoms with van der Waals surface area (Å²) in [5, 5.41) is 1.16. The second-order valence-electron chi connectivity index (χ2n) is 6.43. The molecule has 3 aromatic rings. The molecule has 4 nitrogen and oxygen atoms in total. The van der Waals surface area contributed by atoms with E-state index in [4.69, 9.17) is 5.73 Å². The smallest absolute Gasteiger partial charge is 0.137 e. The molecule has 0 spiro atoms. The van der Waals surface area contributed by atoms with Crippen LogP contribution in [0.15, 0.2) is 54.9 Å². The maximum atomic E-state index is 6.25. The minimum atomic E-state index is 0.295. The first-order chi connectivity index (χ1) is 11.3. The summed E-state index contributed by atoms with van der Waals surface area (Å²) < 4.78 is 0.